The van der Waals surface area contributed by atoms with Crippen molar-refractivity contribution in [2.45, 2.75) is 31.0 Å². The van der Waals surface area contributed by atoms with Crippen LogP contribution in [-0.4, -0.2) is 61.5 Å². The van der Waals surface area contributed by atoms with Gasteiger partial charge in [0.1, 0.15) is 22.8 Å². The molecule has 0 bridgehead atoms. The summed E-state index contributed by atoms with van der Waals surface area (Å²) in [5, 5.41) is 55.7. The number of hydrogen-bond donors (Lipinski definition) is 6. The lowest BCUT2D eigenvalue weighted by molar-refractivity contribution is -0.160. The lowest BCUT2D eigenvalue weighted by Gasteiger charge is -2.50. The van der Waals surface area contributed by atoms with Crippen molar-refractivity contribution in [1.82, 2.24) is 0 Å². The Bertz CT molecular complexity index is 1540. The predicted molar refractivity (Wildman–Crippen MR) is 129 cm³/mol. The second-order valence-electron chi connectivity index (χ2n) is 9.97. The van der Waals surface area contributed by atoms with Gasteiger partial charge in [-0.3, -0.25) is 14.4 Å². The average Bonchev–Trinajstić information content (AvgIpc) is 3.34. The van der Waals surface area contributed by atoms with E-state index in [4.69, 9.17) is 15.2 Å². The number of phenolic OH excluding ortho intramolecular Hbond substituents is 1. The van der Waals surface area contributed by atoms with Gasteiger partial charge in [-0.25, -0.2) is 0 Å². The summed E-state index contributed by atoms with van der Waals surface area (Å²) >= 11 is 0. The van der Waals surface area contributed by atoms with Crippen molar-refractivity contribution >= 4 is 23.2 Å². The fourth-order valence-corrected chi connectivity index (χ4v) is 6.39. The predicted octanol–water partition coefficient (Wildman–Crippen LogP) is 1.35. The monoisotopic (exact) mass is 521 g/mol. The number of nitrogens with two attached hydrogens (primary N) is 1. The highest BCUT2D eigenvalue weighted by Gasteiger charge is 2.65. The zero-order chi connectivity index (χ0) is 27.3. The Kier molecular flexibility index (Phi) is 4.94. The number of hydrogen-bond acceptors (Lipinski definition) is 10. The first-order chi connectivity index (χ1) is 18.0. The lowest BCUT2D eigenvalue weighted by Crippen LogP contribution is -2.63. The number of aliphatic hydroxyl groups is 4. The molecule has 1 heterocycles. The van der Waals surface area contributed by atoms with Crippen molar-refractivity contribution in [3.8, 4) is 28.4 Å². The summed E-state index contributed by atoms with van der Waals surface area (Å²) in [7, 11) is 0. The third kappa shape index (κ3) is 2.88. The summed E-state index contributed by atoms with van der Waals surface area (Å²) < 4.78 is 10.8. The molecule has 1 fully saturated rings. The Morgan fingerprint density at radius 2 is 1.79 bits per heavy atom. The summed E-state index contributed by atoms with van der Waals surface area (Å²) in [5.74, 6) is -8.05. The molecule has 4 aliphatic rings. The van der Waals surface area contributed by atoms with E-state index < -0.39 is 76.0 Å². The first kappa shape index (κ1) is 24.0. The van der Waals surface area contributed by atoms with E-state index in [9.17, 15) is 39.9 Å². The molecule has 11 nitrogen and oxygen atoms in total. The minimum atomic E-state index is -2.88. The van der Waals surface area contributed by atoms with Gasteiger partial charge < -0.3 is 40.7 Å². The molecule has 0 aromatic heterocycles. The van der Waals surface area contributed by atoms with Crippen molar-refractivity contribution in [2.24, 2.45) is 17.6 Å². The summed E-state index contributed by atoms with van der Waals surface area (Å²) in [6.07, 6.45) is -2.24. The number of primary amides is 1. The van der Waals surface area contributed by atoms with Crippen LogP contribution in [0.15, 0.2) is 47.2 Å². The Labute approximate surface area is 215 Å². The van der Waals surface area contributed by atoms with E-state index in [1.54, 1.807) is 31.2 Å². The quantitative estimate of drug-likeness (QED) is 0.314. The van der Waals surface area contributed by atoms with E-state index in [-0.39, 0.29) is 18.1 Å². The van der Waals surface area contributed by atoms with Crippen molar-refractivity contribution in [2.75, 3.05) is 6.79 Å². The van der Waals surface area contributed by atoms with Crippen LogP contribution in [0.1, 0.15) is 30.4 Å². The molecule has 7 N–H and O–H groups in total. The highest BCUT2D eigenvalue weighted by atomic mass is 16.7. The van der Waals surface area contributed by atoms with Gasteiger partial charge in [0, 0.05) is 23.8 Å². The standard InChI is InChI=1S/C27H23NO10/c1-9-17-11(10-2-5-15-16(6-10)38-8-37-15)3-4-13(29)19(17)23(32)21-18(9)22(31)12-7-14(30)20(26(28)35)24(33)27(12,36)25(21)34/h2-6,9,12,18,22,29,31-33,36H,7-8H2,1H3,(H2,28,35). The molecule has 196 valence electrons. The smallest absolute Gasteiger partial charge is 0.255 e. The van der Waals surface area contributed by atoms with Crippen LogP contribution in [0.25, 0.3) is 16.9 Å². The van der Waals surface area contributed by atoms with Crippen LogP contribution in [0.2, 0.25) is 0 Å². The zero-order valence-corrected chi connectivity index (χ0v) is 20.0. The number of aromatic hydroxyl groups is 1. The molecule has 0 saturated heterocycles. The maximum Gasteiger partial charge on any atom is 0.255 e. The highest BCUT2D eigenvalue weighted by Crippen LogP contribution is 2.57. The van der Waals surface area contributed by atoms with Crippen molar-refractivity contribution in [1.29, 1.82) is 0 Å². The number of carbonyl (C=O) groups excluding carboxylic acids is 3. The summed E-state index contributed by atoms with van der Waals surface area (Å²) in [6.45, 7) is 1.75. The van der Waals surface area contributed by atoms with Gasteiger partial charge in [0.2, 0.25) is 12.6 Å². The largest absolute Gasteiger partial charge is 0.508 e. The van der Waals surface area contributed by atoms with Crippen LogP contribution in [0.3, 0.4) is 0 Å². The Morgan fingerprint density at radius 1 is 1.08 bits per heavy atom. The van der Waals surface area contributed by atoms with Crippen LogP contribution in [0, 0.1) is 11.8 Å². The van der Waals surface area contributed by atoms with E-state index in [1.165, 1.54) is 6.07 Å². The minimum Gasteiger partial charge on any atom is -0.508 e. The maximum atomic E-state index is 13.8. The number of benzene rings is 2. The minimum absolute atomic E-state index is 0.0634. The summed E-state index contributed by atoms with van der Waals surface area (Å²) in [4.78, 5) is 38.2. The number of phenols is 1. The number of amides is 1. The van der Waals surface area contributed by atoms with Crippen molar-refractivity contribution in [3.63, 3.8) is 0 Å². The molecule has 0 radical (unpaired) electrons. The molecule has 1 amide bonds. The van der Waals surface area contributed by atoms with E-state index in [1.807, 2.05) is 0 Å². The fraction of sp³-hybridized carbons (Fsp3) is 0.296. The maximum absolute atomic E-state index is 13.8. The first-order valence-electron chi connectivity index (χ1n) is 11.9. The van der Waals surface area contributed by atoms with Crippen LogP contribution in [0.5, 0.6) is 17.2 Å². The van der Waals surface area contributed by atoms with Crippen molar-refractivity contribution in [3.05, 3.63) is 58.4 Å². The molecular formula is C27H23NO10. The molecule has 2 aromatic carbocycles. The number of ether oxygens (including phenoxy) is 2. The Balaban J connectivity index is 1.59. The van der Waals surface area contributed by atoms with Crippen LogP contribution in [0.4, 0.5) is 0 Å². The summed E-state index contributed by atoms with van der Waals surface area (Å²) in [6, 6.07) is 8.17. The highest BCUT2D eigenvalue weighted by molar-refractivity contribution is 6.23. The Hall–Kier alpha value is -4.35. The lowest BCUT2D eigenvalue weighted by atomic mass is 9.55. The number of ketones is 2. The zero-order valence-electron chi connectivity index (χ0n) is 20.0. The molecule has 1 aliphatic heterocycles. The van der Waals surface area contributed by atoms with Gasteiger partial charge in [0.25, 0.3) is 5.91 Å². The van der Waals surface area contributed by atoms with Gasteiger partial charge in [-0.2, -0.15) is 0 Å². The molecule has 11 heteroatoms. The van der Waals surface area contributed by atoms with Gasteiger partial charge in [0.05, 0.1) is 11.7 Å². The molecule has 1 saturated carbocycles. The molecule has 5 unspecified atom stereocenters. The van der Waals surface area contributed by atoms with Gasteiger partial charge in [-0.15, -0.1) is 0 Å². The topological polar surface area (TPSA) is 197 Å². The molecule has 3 aliphatic carbocycles. The van der Waals surface area contributed by atoms with Crippen LogP contribution in [-0.2, 0) is 14.4 Å². The average molecular weight is 521 g/mol. The SMILES string of the molecule is CC1c2c(-c3ccc4c(c3)OCO4)ccc(O)c2C(O)=C2C(=O)C3(O)C(O)=C(C(N)=O)C(=O)CC3C(O)C21. The molecule has 2 aromatic rings. The second kappa shape index (κ2) is 7.83. The van der Waals surface area contributed by atoms with E-state index in [2.05, 4.69) is 0 Å². The molecule has 38 heavy (non-hydrogen) atoms. The van der Waals surface area contributed by atoms with Crippen LogP contribution < -0.4 is 15.2 Å². The fourth-order valence-electron chi connectivity index (χ4n) is 6.39. The number of rotatable bonds is 2. The van der Waals surface area contributed by atoms with Gasteiger partial charge in [-0.1, -0.05) is 19.1 Å². The summed E-state index contributed by atoms with van der Waals surface area (Å²) in [5.41, 5.74) is 2.54. The van der Waals surface area contributed by atoms with E-state index in [0.717, 1.165) is 0 Å². The number of fused-ring (bicyclic) bond motifs is 4. The van der Waals surface area contributed by atoms with E-state index >= 15 is 0 Å². The number of carbonyl (C=O) groups is 3. The van der Waals surface area contributed by atoms with Gasteiger partial charge in [-0.05, 0) is 40.8 Å². The molecular weight excluding hydrogens is 498 g/mol. The number of Topliss-reactive ketones (excluding diaryl/α,β-unsaturated/α-hetero) is 2. The van der Waals surface area contributed by atoms with E-state index in [0.29, 0.717) is 28.2 Å². The molecule has 5 atom stereocenters. The first-order valence-corrected chi connectivity index (χ1v) is 11.9. The Morgan fingerprint density at radius 3 is 2.50 bits per heavy atom. The number of aliphatic hydroxyl groups excluding tert-OH is 3. The van der Waals surface area contributed by atoms with Gasteiger partial charge in [0.15, 0.2) is 22.9 Å². The van der Waals surface area contributed by atoms with Gasteiger partial charge >= 0.3 is 0 Å². The molecule has 0 spiro atoms. The van der Waals surface area contributed by atoms with Crippen molar-refractivity contribution < 1.29 is 49.4 Å². The molecule has 6 rings (SSSR count). The second-order valence-corrected chi connectivity index (χ2v) is 9.97. The third-order valence-corrected chi connectivity index (χ3v) is 8.16. The third-order valence-electron chi connectivity index (χ3n) is 8.16. The van der Waals surface area contributed by atoms with Crippen LogP contribution >= 0.6 is 0 Å². The normalized spacial score (nSPS) is 29.7.